The van der Waals surface area contributed by atoms with Crippen LogP contribution in [0.2, 0.25) is 0 Å². The molecule has 4 fully saturated rings. The molecule has 36 heavy (non-hydrogen) atoms. The van der Waals surface area contributed by atoms with Crippen LogP contribution in [-0.2, 0) is 29.8 Å². The van der Waals surface area contributed by atoms with Gasteiger partial charge in [0, 0.05) is 24.4 Å². The number of fused-ring (bicyclic) bond motifs is 4. The van der Waals surface area contributed by atoms with E-state index in [1.807, 2.05) is 27.7 Å². The average Bonchev–Trinajstić information content (AvgIpc) is 3.42. The van der Waals surface area contributed by atoms with Gasteiger partial charge in [-0.15, -0.1) is 0 Å². The first-order valence-electron chi connectivity index (χ1n) is 11.9. The molecule has 4 aliphatic rings. The van der Waals surface area contributed by atoms with E-state index in [1.165, 1.54) is 11.3 Å². The highest BCUT2D eigenvalue weighted by Gasteiger charge is 2.66. The molecule has 5 rings (SSSR count). The number of aromatic nitrogens is 1. The van der Waals surface area contributed by atoms with E-state index in [1.54, 1.807) is 11.6 Å². The van der Waals surface area contributed by atoms with Crippen LogP contribution in [0.25, 0.3) is 0 Å². The number of aromatic amines is 1. The molecular formula is C23H35NO9S3. The summed E-state index contributed by atoms with van der Waals surface area (Å²) in [5, 5.41) is 1.71. The van der Waals surface area contributed by atoms with E-state index in [2.05, 4.69) is 4.98 Å². The lowest BCUT2D eigenvalue weighted by Gasteiger charge is -2.35. The van der Waals surface area contributed by atoms with Crippen molar-refractivity contribution in [2.45, 2.75) is 66.2 Å². The van der Waals surface area contributed by atoms with Crippen LogP contribution in [0.4, 0.5) is 0 Å². The van der Waals surface area contributed by atoms with E-state index in [-0.39, 0.29) is 39.1 Å². The summed E-state index contributed by atoms with van der Waals surface area (Å²) in [7, 11) is -8.15. The third-order valence-electron chi connectivity index (χ3n) is 9.58. The summed E-state index contributed by atoms with van der Waals surface area (Å²) in [4.78, 5) is 36.3. The molecule has 4 saturated carbocycles. The average molecular weight is 566 g/mol. The maximum absolute atomic E-state index is 11.9. The van der Waals surface area contributed by atoms with Crippen LogP contribution in [0, 0.1) is 33.5 Å². The minimum absolute atomic E-state index is 0.00926. The Morgan fingerprint density at radius 3 is 1.39 bits per heavy atom. The number of Topliss-reactive ketones (excluding diaryl/α,β-unsaturated/α-hetero) is 2. The van der Waals surface area contributed by atoms with Gasteiger partial charge in [-0.25, -0.2) is 0 Å². The van der Waals surface area contributed by atoms with Crippen LogP contribution < -0.4 is 4.87 Å². The molecule has 10 nitrogen and oxygen atoms in total. The fourth-order valence-corrected chi connectivity index (χ4v) is 10.1. The quantitative estimate of drug-likeness (QED) is 0.463. The number of carbonyl (C=O) groups excluding carboxylic acids is 2. The number of carbonyl (C=O) groups is 2. The minimum atomic E-state index is -4.08. The summed E-state index contributed by atoms with van der Waals surface area (Å²) >= 11 is 1.17. The fraction of sp³-hybridized carbons (Fsp3) is 0.783. The third kappa shape index (κ3) is 5.13. The van der Waals surface area contributed by atoms with Crippen LogP contribution in [0.5, 0.6) is 0 Å². The van der Waals surface area contributed by atoms with Crippen LogP contribution in [0.3, 0.4) is 0 Å². The molecule has 0 amide bonds. The smallest absolute Gasteiger partial charge is 0.304 e. The molecular weight excluding hydrogens is 530 g/mol. The first kappa shape index (κ1) is 29.2. The molecule has 3 N–H and O–H groups in total. The lowest BCUT2D eigenvalue weighted by atomic mass is 9.70. The topological polar surface area (TPSA) is 176 Å². The number of H-pyrrole nitrogens is 1. The van der Waals surface area contributed by atoms with Crippen molar-refractivity contribution in [3.05, 3.63) is 21.2 Å². The summed E-state index contributed by atoms with van der Waals surface area (Å²) in [5.74, 6) is -0.203. The molecule has 0 aliphatic heterocycles. The predicted octanol–water partition coefficient (Wildman–Crippen LogP) is 2.98. The first-order valence-corrected chi connectivity index (χ1v) is 16.0. The molecule has 0 aromatic carbocycles. The second kappa shape index (κ2) is 9.40. The highest BCUT2D eigenvalue weighted by Crippen LogP contribution is 2.65. The SMILES string of the molecule is CC1(C)C2CCC1(CS(=O)(=O)O)C(=O)C2.CC1(C)C2CCC1(CS(=O)(=O)O)C(=O)C2.O=c1[nH]ccs1. The Balaban J connectivity index is 0.000000164. The van der Waals surface area contributed by atoms with Crippen molar-refractivity contribution in [1.82, 2.24) is 4.98 Å². The summed E-state index contributed by atoms with van der Waals surface area (Å²) in [6.45, 7) is 7.78. The van der Waals surface area contributed by atoms with Gasteiger partial charge >= 0.3 is 4.87 Å². The minimum Gasteiger partial charge on any atom is -0.319 e. The van der Waals surface area contributed by atoms with Crippen LogP contribution >= 0.6 is 11.3 Å². The summed E-state index contributed by atoms with van der Waals surface area (Å²) < 4.78 is 62.0. The van der Waals surface area contributed by atoms with E-state index in [0.29, 0.717) is 25.7 Å². The Morgan fingerprint density at radius 2 is 1.22 bits per heavy atom. The van der Waals surface area contributed by atoms with Crippen molar-refractivity contribution in [3.8, 4) is 0 Å². The molecule has 0 saturated heterocycles. The highest BCUT2D eigenvalue weighted by atomic mass is 32.2. The van der Waals surface area contributed by atoms with E-state index in [9.17, 15) is 31.2 Å². The van der Waals surface area contributed by atoms with Gasteiger partial charge in [-0.2, -0.15) is 16.8 Å². The molecule has 4 unspecified atom stereocenters. The van der Waals surface area contributed by atoms with Gasteiger partial charge in [0.15, 0.2) is 0 Å². The van der Waals surface area contributed by atoms with Crippen molar-refractivity contribution in [2.75, 3.05) is 11.5 Å². The van der Waals surface area contributed by atoms with Crippen LogP contribution in [-0.4, -0.2) is 54.0 Å². The van der Waals surface area contributed by atoms with Gasteiger partial charge in [0.1, 0.15) is 11.6 Å². The lowest BCUT2D eigenvalue weighted by molar-refractivity contribution is -0.128. The van der Waals surface area contributed by atoms with Crippen molar-refractivity contribution < 1.29 is 35.5 Å². The van der Waals surface area contributed by atoms with Gasteiger partial charge in [0.05, 0.1) is 22.3 Å². The van der Waals surface area contributed by atoms with Crippen molar-refractivity contribution in [3.63, 3.8) is 0 Å². The number of hydrogen-bond acceptors (Lipinski definition) is 8. The molecule has 4 aliphatic carbocycles. The van der Waals surface area contributed by atoms with E-state index >= 15 is 0 Å². The normalized spacial score (nSPS) is 33.6. The fourth-order valence-electron chi connectivity index (χ4n) is 7.07. The van der Waals surface area contributed by atoms with Crippen molar-refractivity contribution in [1.29, 1.82) is 0 Å². The molecule has 1 aromatic heterocycles. The zero-order valence-electron chi connectivity index (χ0n) is 20.9. The summed E-state index contributed by atoms with van der Waals surface area (Å²) in [6.07, 6.45) is 5.56. The Bertz CT molecular complexity index is 1200. The Hall–Kier alpha value is -1.41. The second-order valence-corrected chi connectivity index (χ2v) is 15.4. The van der Waals surface area contributed by atoms with Gasteiger partial charge in [0.25, 0.3) is 20.2 Å². The van der Waals surface area contributed by atoms with Crippen LogP contribution in [0.1, 0.15) is 66.2 Å². The third-order valence-corrected chi connectivity index (χ3v) is 11.9. The molecule has 1 heterocycles. The first-order chi connectivity index (χ1) is 16.3. The Kier molecular flexibility index (Phi) is 7.62. The highest BCUT2D eigenvalue weighted by molar-refractivity contribution is 7.86. The molecule has 0 spiro atoms. The van der Waals surface area contributed by atoms with Gasteiger partial charge in [-0.05, 0) is 48.3 Å². The summed E-state index contributed by atoms with van der Waals surface area (Å²) in [5.41, 5.74) is -2.24. The maximum atomic E-state index is 11.9. The number of ketones is 2. The molecule has 4 atom stereocenters. The molecule has 4 bridgehead atoms. The maximum Gasteiger partial charge on any atom is 0.304 e. The van der Waals surface area contributed by atoms with Crippen LogP contribution in [0.15, 0.2) is 16.4 Å². The van der Waals surface area contributed by atoms with E-state index < -0.39 is 42.6 Å². The second-order valence-electron chi connectivity index (χ2n) is 11.6. The van der Waals surface area contributed by atoms with E-state index in [0.717, 1.165) is 12.8 Å². The van der Waals surface area contributed by atoms with Crippen molar-refractivity contribution in [2.24, 2.45) is 33.5 Å². The number of thiazole rings is 1. The number of rotatable bonds is 4. The largest absolute Gasteiger partial charge is 0.319 e. The standard InChI is InChI=1S/2C10H16O4S.C3H3NOS/c2*1-9(2)7-3-4-10(9,8(11)5-7)6-15(12,13)14;5-3-4-1-2-6-3/h2*7H,3-6H2,1-2H3,(H,12,13,14);1-2H,(H,4,5). The molecule has 13 heteroatoms. The zero-order valence-corrected chi connectivity index (χ0v) is 23.4. The van der Waals surface area contributed by atoms with E-state index in [4.69, 9.17) is 9.11 Å². The number of nitrogens with one attached hydrogen (secondary N) is 1. The van der Waals surface area contributed by atoms with Gasteiger partial charge in [-0.3, -0.25) is 23.5 Å². The van der Waals surface area contributed by atoms with Crippen molar-refractivity contribution >= 4 is 43.1 Å². The summed E-state index contributed by atoms with van der Waals surface area (Å²) in [6, 6.07) is 0. The Labute approximate surface area is 215 Å². The number of hydrogen-bond donors (Lipinski definition) is 3. The molecule has 204 valence electrons. The lowest BCUT2D eigenvalue weighted by Crippen LogP contribution is -2.42. The molecule has 0 radical (unpaired) electrons. The zero-order chi connectivity index (χ0) is 27.4. The van der Waals surface area contributed by atoms with Gasteiger partial charge in [0.2, 0.25) is 0 Å². The monoisotopic (exact) mass is 565 g/mol. The Morgan fingerprint density at radius 1 is 0.833 bits per heavy atom. The van der Waals surface area contributed by atoms with Gasteiger partial charge < -0.3 is 4.98 Å². The molecule has 1 aromatic rings. The predicted molar refractivity (Wildman–Crippen MR) is 135 cm³/mol. The van der Waals surface area contributed by atoms with Gasteiger partial charge in [-0.1, -0.05) is 39.0 Å².